The van der Waals surface area contributed by atoms with Gasteiger partial charge in [0, 0.05) is 19.0 Å². The van der Waals surface area contributed by atoms with Crippen LogP contribution in [0.5, 0.6) is 0 Å². The molecular formula is C14H16FN3O3S2. The summed E-state index contributed by atoms with van der Waals surface area (Å²) >= 11 is 1.07. The Kier molecular flexibility index (Phi) is 5.34. The number of rotatable bonds is 5. The van der Waals surface area contributed by atoms with Crippen LogP contribution in [0.1, 0.15) is 4.88 Å². The van der Waals surface area contributed by atoms with E-state index in [4.69, 9.17) is 0 Å². The second-order valence-electron chi connectivity index (χ2n) is 4.80. The van der Waals surface area contributed by atoms with Gasteiger partial charge in [-0.3, -0.25) is 0 Å². The molecule has 9 heteroatoms. The SMILES string of the molecule is CN(C)S(=O)(=O)c1ccc(CNC(=O)Nc2ccccc2F)s1. The molecule has 1 aromatic heterocycles. The molecule has 1 aromatic carbocycles. The van der Waals surface area contributed by atoms with E-state index in [1.54, 1.807) is 12.1 Å². The van der Waals surface area contributed by atoms with Gasteiger partial charge in [0.05, 0.1) is 12.2 Å². The van der Waals surface area contributed by atoms with Gasteiger partial charge >= 0.3 is 6.03 Å². The fourth-order valence-corrected chi connectivity index (χ4v) is 4.13. The van der Waals surface area contributed by atoms with Gasteiger partial charge in [0.15, 0.2) is 0 Å². The fraction of sp³-hybridized carbons (Fsp3) is 0.214. The molecule has 0 fully saturated rings. The number of thiophene rings is 1. The summed E-state index contributed by atoms with van der Waals surface area (Å²) in [5.74, 6) is -0.530. The highest BCUT2D eigenvalue weighted by atomic mass is 32.2. The minimum Gasteiger partial charge on any atom is -0.333 e. The summed E-state index contributed by atoms with van der Waals surface area (Å²) in [6.45, 7) is 0.147. The molecule has 2 aromatic rings. The maximum atomic E-state index is 13.4. The van der Waals surface area contributed by atoms with Crippen LogP contribution in [0.2, 0.25) is 0 Å². The van der Waals surface area contributed by atoms with Crippen molar-refractivity contribution in [2.24, 2.45) is 0 Å². The maximum absolute atomic E-state index is 13.4. The van der Waals surface area contributed by atoms with Gasteiger partial charge in [-0.25, -0.2) is 21.9 Å². The van der Waals surface area contributed by atoms with Crippen LogP contribution in [0.15, 0.2) is 40.6 Å². The Bertz CT molecular complexity index is 803. The van der Waals surface area contributed by atoms with E-state index in [1.807, 2.05) is 0 Å². The van der Waals surface area contributed by atoms with Gasteiger partial charge in [-0.15, -0.1) is 11.3 Å². The van der Waals surface area contributed by atoms with E-state index >= 15 is 0 Å². The fourth-order valence-electron chi connectivity index (χ4n) is 1.67. The van der Waals surface area contributed by atoms with E-state index < -0.39 is 21.9 Å². The molecule has 6 nitrogen and oxygen atoms in total. The number of benzene rings is 1. The minimum atomic E-state index is -3.47. The Morgan fingerprint density at radius 1 is 1.22 bits per heavy atom. The van der Waals surface area contributed by atoms with Crippen LogP contribution in [0, 0.1) is 5.82 Å². The van der Waals surface area contributed by atoms with Crippen LogP contribution in [-0.2, 0) is 16.6 Å². The molecule has 0 saturated heterocycles. The number of halogens is 1. The molecule has 0 radical (unpaired) electrons. The number of nitrogens with one attached hydrogen (secondary N) is 2. The average molecular weight is 357 g/mol. The van der Waals surface area contributed by atoms with E-state index in [1.165, 1.54) is 38.4 Å². The van der Waals surface area contributed by atoms with Crippen LogP contribution in [0.4, 0.5) is 14.9 Å². The Balaban J connectivity index is 1.96. The van der Waals surface area contributed by atoms with Gasteiger partial charge in [0.2, 0.25) is 0 Å². The van der Waals surface area contributed by atoms with Gasteiger partial charge in [-0.1, -0.05) is 12.1 Å². The Labute approximate surface area is 138 Å². The predicted octanol–water partition coefficient (Wildman–Crippen LogP) is 2.46. The van der Waals surface area contributed by atoms with Gasteiger partial charge in [-0.2, -0.15) is 0 Å². The first-order valence-corrected chi connectivity index (χ1v) is 8.87. The highest BCUT2D eigenvalue weighted by Crippen LogP contribution is 2.23. The number of carbonyl (C=O) groups excluding carboxylic acids is 1. The summed E-state index contributed by atoms with van der Waals surface area (Å²) in [6, 6.07) is 8.37. The number of hydrogen-bond acceptors (Lipinski definition) is 4. The Hall–Kier alpha value is -1.97. The van der Waals surface area contributed by atoms with Crippen molar-refractivity contribution in [1.29, 1.82) is 0 Å². The number of carbonyl (C=O) groups is 1. The second kappa shape index (κ2) is 7.07. The van der Waals surface area contributed by atoms with Crippen LogP contribution >= 0.6 is 11.3 Å². The zero-order chi connectivity index (χ0) is 17.0. The lowest BCUT2D eigenvalue weighted by Gasteiger charge is -2.08. The van der Waals surface area contributed by atoms with Gasteiger partial charge in [-0.05, 0) is 24.3 Å². The number of hydrogen-bond donors (Lipinski definition) is 2. The van der Waals surface area contributed by atoms with Gasteiger partial charge in [0.25, 0.3) is 10.0 Å². The number of nitrogens with zero attached hydrogens (tertiary/aromatic N) is 1. The molecular weight excluding hydrogens is 341 g/mol. The molecule has 0 atom stereocenters. The van der Waals surface area contributed by atoms with Crippen LogP contribution in [0.3, 0.4) is 0 Å². The van der Waals surface area contributed by atoms with E-state index in [-0.39, 0.29) is 16.4 Å². The number of para-hydroxylation sites is 1. The van der Waals surface area contributed by atoms with Gasteiger partial charge in [0.1, 0.15) is 10.0 Å². The van der Waals surface area contributed by atoms with E-state index in [9.17, 15) is 17.6 Å². The highest BCUT2D eigenvalue weighted by Gasteiger charge is 2.19. The summed E-state index contributed by atoms with van der Waals surface area (Å²) in [5, 5.41) is 4.94. The molecule has 2 N–H and O–H groups in total. The van der Waals surface area contributed by atoms with Crippen molar-refractivity contribution in [3.8, 4) is 0 Å². The lowest BCUT2D eigenvalue weighted by Crippen LogP contribution is -2.28. The monoisotopic (exact) mass is 357 g/mol. The summed E-state index contributed by atoms with van der Waals surface area (Å²) in [7, 11) is -0.568. The lowest BCUT2D eigenvalue weighted by molar-refractivity contribution is 0.251. The van der Waals surface area contributed by atoms with Crippen molar-refractivity contribution in [1.82, 2.24) is 9.62 Å². The number of anilines is 1. The molecule has 0 aliphatic carbocycles. The molecule has 0 aliphatic rings. The Morgan fingerprint density at radius 2 is 1.91 bits per heavy atom. The second-order valence-corrected chi connectivity index (χ2v) is 8.34. The van der Waals surface area contributed by atoms with E-state index in [0.29, 0.717) is 4.88 Å². The van der Waals surface area contributed by atoms with Crippen molar-refractivity contribution >= 4 is 33.1 Å². The molecule has 2 amide bonds. The van der Waals surface area contributed by atoms with E-state index in [0.717, 1.165) is 15.6 Å². The number of sulfonamides is 1. The summed E-state index contributed by atoms with van der Waals surface area (Å²) in [5.41, 5.74) is 0.0760. The third kappa shape index (κ3) is 4.27. The maximum Gasteiger partial charge on any atom is 0.319 e. The topological polar surface area (TPSA) is 78.5 Å². The van der Waals surface area contributed by atoms with Crippen LogP contribution in [0.25, 0.3) is 0 Å². The molecule has 1 heterocycles. The largest absolute Gasteiger partial charge is 0.333 e. The van der Waals surface area contributed by atoms with Crippen molar-refractivity contribution in [3.63, 3.8) is 0 Å². The minimum absolute atomic E-state index is 0.0760. The molecule has 0 spiro atoms. The summed E-state index contributed by atoms with van der Waals surface area (Å²) in [4.78, 5) is 12.4. The lowest BCUT2D eigenvalue weighted by atomic mass is 10.3. The molecule has 23 heavy (non-hydrogen) atoms. The quantitative estimate of drug-likeness (QED) is 0.863. The summed E-state index contributed by atoms with van der Waals surface area (Å²) < 4.78 is 38.7. The first-order chi connectivity index (χ1) is 10.8. The average Bonchev–Trinajstić information content (AvgIpc) is 2.97. The molecule has 0 saturated carbocycles. The third-order valence-corrected chi connectivity index (χ3v) is 6.28. The predicted molar refractivity (Wildman–Crippen MR) is 87.5 cm³/mol. The number of urea groups is 1. The zero-order valence-corrected chi connectivity index (χ0v) is 14.2. The molecule has 0 aliphatic heterocycles. The molecule has 0 unspecified atom stereocenters. The Morgan fingerprint density at radius 3 is 2.57 bits per heavy atom. The zero-order valence-electron chi connectivity index (χ0n) is 12.5. The highest BCUT2D eigenvalue weighted by molar-refractivity contribution is 7.91. The van der Waals surface area contributed by atoms with Crippen LogP contribution < -0.4 is 10.6 Å². The van der Waals surface area contributed by atoms with E-state index in [2.05, 4.69) is 10.6 Å². The van der Waals surface area contributed by atoms with Crippen molar-refractivity contribution in [3.05, 3.63) is 47.1 Å². The molecule has 2 rings (SSSR count). The summed E-state index contributed by atoms with van der Waals surface area (Å²) in [6.07, 6.45) is 0. The first-order valence-electron chi connectivity index (χ1n) is 6.61. The smallest absolute Gasteiger partial charge is 0.319 e. The van der Waals surface area contributed by atoms with Crippen molar-refractivity contribution < 1.29 is 17.6 Å². The molecule has 124 valence electrons. The third-order valence-electron chi connectivity index (χ3n) is 2.92. The first kappa shape index (κ1) is 17.4. The normalized spacial score (nSPS) is 11.5. The van der Waals surface area contributed by atoms with Gasteiger partial charge < -0.3 is 10.6 Å². The molecule has 0 bridgehead atoms. The van der Waals surface area contributed by atoms with Crippen molar-refractivity contribution in [2.75, 3.05) is 19.4 Å². The van der Waals surface area contributed by atoms with Crippen LogP contribution in [-0.4, -0.2) is 32.8 Å². The number of amides is 2. The standard InChI is InChI=1S/C14H16FN3O3S2/c1-18(2)23(20,21)13-8-7-10(22-13)9-16-14(19)17-12-6-4-3-5-11(12)15/h3-8H,9H2,1-2H3,(H2,16,17,19). The van der Waals surface area contributed by atoms with Crippen molar-refractivity contribution in [2.45, 2.75) is 10.8 Å².